The molecule has 0 bridgehead atoms. The second kappa shape index (κ2) is 6.71. The van der Waals surface area contributed by atoms with Crippen molar-refractivity contribution in [2.75, 3.05) is 39.3 Å². The Morgan fingerprint density at radius 3 is 2.50 bits per heavy atom. The first kappa shape index (κ1) is 17.5. The van der Waals surface area contributed by atoms with E-state index in [2.05, 4.69) is 17.1 Å². The highest BCUT2D eigenvalue weighted by Crippen LogP contribution is 2.29. The number of likely N-dealkylation sites (tertiary alicyclic amines) is 1. The fraction of sp³-hybridized carbons (Fsp3) is 0.938. The number of amides is 1. The second-order valence-corrected chi connectivity index (χ2v) is 7.64. The van der Waals surface area contributed by atoms with Gasteiger partial charge < -0.3 is 15.0 Å². The van der Waals surface area contributed by atoms with Crippen LogP contribution in [-0.4, -0.2) is 72.5 Å². The van der Waals surface area contributed by atoms with Crippen LogP contribution in [-0.2, 0) is 4.74 Å². The Bertz CT molecular complexity index is 389. The fourth-order valence-corrected chi connectivity index (χ4v) is 3.06. The number of nitrogens with one attached hydrogen (secondary N) is 1. The van der Waals surface area contributed by atoms with Crippen molar-refractivity contribution < 1.29 is 13.9 Å². The normalized spacial score (nSPS) is 26.8. The van der Waals surface area contributed by atoms with Gasteiger partial charge in [-0.3, -0.25) is 4.90 Å². The topological polar surface area (TPSA) is 44.8 Å². The van der Waals surface area contributed by atoms with Crippen molar-refractivity contribution >= 4 is 6.09 Å². The fourth-order valence-electron chi connectivity index (χ4n) is 3.06. The molecule has 128 valence electrons. The van der Waals surface area contributed by atoms with Crippen LogP contribution in [0.1, 0.15) is 40.5 Å². The summed E-state index contributed by atoms with van der Waals surface area (Å²) >= 11 is 0. The Morgan fingerprint density at radius 1 is 1.32 bits per heavy atom. The van der Waals surface area contributed by atoms with Gasteiger partial charge in [-0.05, 0) is 27.7 Å². The quantitative estimate of drug-likeness (QED) is 0.847. The minimum Gasteiger partial charge on any atom is -0.444 e. The summed E-state index contributed by atoms with van der Waals surface area (Å²) in [5, 5.41) is 3.32. The van der Waals surface area contributed by atoms with Gasteiger partial charge in [0.1, 0.15) is 11.3 Å². The zero-order valence-corrected chi connectivity index (χ0v) is 14.3. The number of hydrogen-bond acceptors (Lipinski definition) is 4. The van der Waals surface area contributed by atoms with Crippen LogP contribution in [0.25, 0.3) is 0 Å². The lowest BCUT2D eigenvalue weighted by atomic mass is 9.92. The Morgan fingerprint density at radius 2 is 1.95 bits per heavy atom. The molecule has 2 fully saturated rings. The standard InChI is InChI=1S/C16H30FN3O2/c1-13-11-18-7-10-20(13)12-16(17)5-8-19(9-6-16)14(21)22-15(2,3)4/h13,18H,5-12H2,1-4H3/t13-/m0/s1. The third-order valence-electron chi connectivity index (χ3n) is 4.44. The smallest absolute Gasteiger partial charge is 0.410 e. The van der Waals surface area contributed by atoms with Crippen LogP contribution in [0.2, 0.25) is 0 Å². The van der Waals surface area contributed by atoms with E-state index in [9.17, 15) is 4.79 Å². The van der Waals surface area contributed by atoms with Gasteiger partial charge in [0.05, 0.1) is 0 Å². The first-order valence-corrected chi connectivity index (χ1v) is 8.30. The monoisotopic (exact) mass is 315 g/mol. The lowest BCUT2D eigenvalue weighted by Gasteiger charge is -2.42. The lowest BCUT2D eigenvalue weighted by molar-refractivity contribution is -0.0120. The molecule has 0 saturated carbocycles. The molecule has 0 aromatic heterocycles. The first-order chi connectivity index (χ1) is 10.2. The number of alkyl halides is 1. The molecule has 1 amide bonds. The van der Waals surface area contributed by atoms with E-state index in [0.717, 1.165) is 19.6 Å². The maximum atomic E-state index is 15.1. The predicted octanol–water partition coefficient (Wildman–Crippen LogP) is 2.02. The molecule has 2 rings (SSSR count). The van der Waals surface area contributed by atoms with Gasteiger partial charge in [0.2, 0.25) is 0 Å². The SMILES string of the molecule is C[C@H]1CNCCN1CC1(F)CCN(C(=O)OC(C)(C)C)CC1. The van der Waals surface area contributed by atoms with Crippen LogP contribution in [0, 0.1) is 0 Å². The maximum absolute atomic E-state index is 15.1. The summed E-state index contributed by atoms with van der Waals surface area (Å²) in [4.78, 5) is 15.9. The van der Waals surface area contributed by atoms with Crippen molar-refractivity contribution in [3.05, 3.63) is 0 Å². The Balaban J connectivity index is 1.83. The number of piperazine rings is 1. The number of rotatable bonds is 2. The molecule has 0 aromatic rings. The lowest BCUT2D eigenvalue weighted by Crippen LogP contribution is -2.56. The van der Waals surface area contributed by atoms with Crippen molar-refractivity contribution in [2.24, 2.45) is 0 Å². The molecule has 1 atom stereocenters. The molecule has 22 heavy (non-hydrogen) atoms. The van der Waals surface area contributed by atoms with Gasteiger partial charge in [0.25, 0.3) is 0 Å². The summed E-state index contributed by atoms with van der Waals surface area (Å²) in [6, 6.07) is 0.366. The van der Waals surface area contributed by atoms with Crippen molar-refractivity contribution in [2.45, 2.75) is 57.8 Å². The summed E-state index contributed by atoms with van der Waals surface area (Å²) < 4.78 is 20.4. The van der Waals surface area contributed by atoms with Gasteiger partial charge in [-0.2, -0.15) is 0 Å². The van der Waals surface area contributed by atoms with E-state index in [4.69, 9.17) is 4.74 Å². The molecular weight excluding hydrogens is 285 g/mol. The van der Waals surface area contributed by atoms with E-state index < -0.39 is 11.3 Å². The van der Waals surface area contributed by atoms with E-state index in [1.165, 1.54) is 0 Å². The van der Waals surface area contributed by atoms with Gasteiger partial charge in [-0.1, -0.05) is 0 Å². The third-order valence-corrected chi connectivity index (χ3v) is 4.44. The van der Waals surface area contributed by atoms with Crippen LogP contribution in [0.15, 0.2) is 0 Å². The Labute approximate surface area is 133 Å². The average Bonchev–Trinajstić information content (AvgIpc) is 2.40. The van der Waals surface area contributed by atoms with E-state index >= 15 is 4.39 Å². The molecule has 0 spiro atoms. The molecule has 2 aliphatic rings. The van der Waals surface area contributed by atoms with Gasteiger partial charge in [-0.25, -0.2) is 9.18 Å². The second-order valence-electron chi connectivity index (χ2n) is 7.64. The zero-order chi connectivity index (χ0) is 16.4. The van der Waals surface area contributed by atoms with E-state index in [1.807, 2.05) is 20.8 Å². The molecule has 2 aliphatic heterocycles. The summed E-state index contributed by atoms with van der Waals surface area (Å²) in [6.07, 6.45) is 0.455. The highest BCUT2D eigenvalue weighted by molar-refractivity contribution is 5.68. The summed E-state index contributed by atoms with van der Waals surface area (Å²) in [7, 11) is 0. The number of carbonyl (C=O) groups excluding carboxylic acids is 1. The summed E-state index contributed by atoms with van der Waals surface area (Å²) in [5.74, 6) is 0. The average molecular weight is 315 g/mol. The van der Waals surface area contributed by atoms with Crippen LogP contribution in [0.4, 0.5) is 9.18 Å². The van der Waals surface area contributed by atoms with E-state index in [0.29, 0.717) is 38.5 Å². The minimum atomic E-state index is -1.19. The predicted molar refractivity (Wildman–Crippen MR) is 84.8 cm³/mol. The Hall–Kier alpha value is -0.880. The van der Waals surface area contributed by atoms with Crippen LogP contribution >= 0.6 is 0 Å². The van der Waals surface area contributed by atoms with Gasteiger partial charge in [-0.15, -0.1) is 0 Å². The molecular formula is C16H30FN3O2. The van der Waals surface area contributed by atoms with Crippen LogP contribution < -0.4 is 5.32 Å². The van der Waals surface area contributed by atoms with Gasteiger partial charge in [0.15, 0.2) is 0 Å². The molecule has 0 unspecified atom stereocenters. The number of hydrogen-bond donors (Lipinski definition) is 1. The number of nitrogens with zero attached hydrogens (tertiary/aromatic N) is 2. The number of halogens is 1. The maximum Gasteiger partial charge on any atom is 0.410 e. The highest BCUT2D eigenvalue weighted by atomic mass is 19.1. The summed E-state index contributed by atoms with van der Waals surface area (Å²) in [6.45, 7) is 11.7. The minimum absolute atomic E-state index is 0.329. The highest BCUT2D eigenvalue weighted by Gasteiger charge is 2.39. The van der Waals surface area contributed by atoms with Crippen molar-refractivity contribution in [3.63, 3.8) is 0 Å². The van der Waals surface area contributed by atoms with Crippen LogP contribution in [0.5, 0.6) is 0 Å². The van der Waals surface area contributed by atoms with Crippen molar-refractivity contribution in [3.8, 4) is 0 Å². The number of piperidine rings is 1. The molecule has 1 N–H and O–H groups in total. The van der Waals surface area contributed by atoms with Gasteiger partial charge in [0, 0.05) is 58.2 Å². The molecule has 2 heterocycles. The third kappa shape index (κ3) is 4.81. The molecule has 5 nitrogen and oxygen atoms in total. The largest absolute Gasteiger partial charge is 0.444 e. The van der Waals surface area contributed by atoms with E-state index in [-0.39, 0.29) is 6.09 Å². The zero-order valence-electron chi connectivity index (χ0n) is 14.3. The molecule has 6 heteroatoms. The summed E-state index contributed by atoms with van der Waals surface area (Å²) in [5.41, 5.74) is -1.69. The first-order valence-electron chi connectivity index (χ1n) is 8.30. The molecule has 0 radical (unpaired) electrons. The van der Waals surface area contributed by atoms with E-state index in [1.54, 1.807) is 4.90 Å². The van der Waals surface area contributed by atoms with Crippen LogP contribution in [0.3, 0.4) is 0 Å². The molecule has 0 aromatic carbocycles. The number of carbonyl (C=O) groups is 1. The van der Waals surface area contributed by atoms with Gasteiger partial charge >= 0.3 is 6.09 Å². The molecule has 0 aliphatic carbocycles. The van der Waals surface area contributed by atoms with Crippen molar-refractivity contribution in [1.29, 1.82) is 0 Å². The van der Waals surface area contributed by atoms with Crippen molar-refractivity contribution in [1.82, 2.24) is 15.1 Å². The number of ether oxygens (including phenoxy) is 1. The Kier molecular flexibility index (Phi) is 5.33. The molecule has 2 saturated heterocycles.